The Kier molecular flexibility index (Phi) is 5.64. The molecule has 2 heterocycles. The fraction of sp³-hybridized carbons (Fsp3) is 0.444. The number of aromatic nitrogens is 1. The van der Waals surface area contributed by atoms with Crippen molar-refractivity contribution < 1.29 is 14.4 Å². The number of aliphatic imine (C=N–C) groups is 1. The summed E-state index contributed by atoms with van der Waals surface area (Å²) in [5, 5.41) is 11.0. The fourth-order valence-electron chi connectivity index (χ4n) is 2.66. The molecule has 0 bridgehead atoms. The van der Waals surface area contributed by atoms with E-state index in [0.29, 0.717) is 13.0 Å². The van der Waals surface area contributed by atoms with E-state index in [0.717, 1.165) is 0 Å². The molecule has 0 spiro atoms. The van der Waals surface area contributed by atoms with Crippen LogP contribution in [0.25, 0.3) is 0 Å². The number of pyridine rings is 1. The topological polar surface area (TPSA) is 116 Å². The van der Waals surface area contributed by atoms with Gasteiger partial charge in [0.1, 0.15) is 23.3 Å². The second-order valence-corrected chi connectivity index (χ2v) is 6.80. The van der Waals surface area contributed by atoms with Crippen LogP contribution in [0.4, 0.5) is 0 Å². The Bertz CT molecular complexity index is 785. The van der Waals surface area contributed by atoms with E-state index >= 15 is 0 Å². The molecule has 1 aliphatic rings. The zero-order valence-corrected chi connectivity index (χ0v) is 15.4. The van der Waals surface area contributed by atoms with Crippen molar-refractivity contribution in [1.82, 2.24) is 15.2 Å². The lowest BCUT2D eigenvalue weighted by Crippen LogP contribution is -2.50. The third-order valence-electron chi connectivity index (χ3n) is 4.30. The summed E-state index contributed by atoms with van der Waals surface area (Å²) in [5.41, 5.74) is -0.278. The Morgan fingerprint density at radius 1 is 1.38 bits per heavy atom. The van der Waals surface area contributed by atoms with Gasteiger partial charge in [-0.05, 0) is 18.6 Å². The first-order valence-electron chi connectivity index (χ1n) is 8.29. The van der Waals surface area contributed by atoms with Crippen molar-refractivity contribution in [1.29, 1.82) is 5.41 Å². The molecule has 2 N–H and O–H groups in total. The number of nitrogens with one attached hydrogen (secondary N) is 2. The lowest BCUT2D eigenvalue weighted by Gasteiger charge is -2.24. The molecule has 1 unspecified atom stereocenters. The standard InChI is InChI=1S/C18H23N5O3/c1-11(24)12-6-5-7-13(21-12)16(25)22-14(10-20-4)15(19)23-9-8-18(2,3)17(23)26/h5-7,10,14,19H,8-9H2,1-4H3,(H,22,25). The zero-order chi connectivity index (χ0) is 19.5. The molecule has 26 heavy (non-hydrogen) atoms. The van der Waals surface area contributed by atoms with Crippen LogP contribution in [0.3, 0.4) is 0 Å². The van der Waals surface area contributed by atoms with E-state index in [1.807, 2.05) is 13.8 Å². The van der Waals surface area contributed by atoms with Crippen molar-refractivity contribution >= 4 is 29.6 Å². The highest BCUT2D eigenvalue weighted by molar-refractivity contribution is 6.11. The van der Waals surface area contributed by atoms with E-state index in [2.05, 4.69) is 15.3 Å². The number of carbonyl (C=O) groups excluding carboxylic acids is 3. The van der Waals surface area contributed by atoms with Crippen LogP contribution in [0.15, 0.2) is 23.2 Å². The number of amidine groups is 1. The molecule has 2 rings (SSSR count). The Morgan fingerprint density at radius 2 is 2.04 bits per heavy atom. The molecule has 0 aromatic carbocycles. The summed E-state index contributed by atoms with van der Waals surface area (Å²) < 4.78 is 0. The van der Waals surface area contributed by atoms with Gasteiger partial charge in [0.15, 0.2) is 5.78 Å². The molecule has 1 atom stereocenters. The van der Waals surface area contributed by atoms with E-state index in [1.165, 1.54) is 37.2 Å². The molecule has 1 saturated heterocycles. The number of hydrogen-bond donors (Lipinski definition) is 2. The number of amides is 2. The van der Waals surface area contributed by atoms with Crippen LogP contribution in [0.5, 0.6) is 0 Å². The first-order chi connectivity index (χ1) is 12.2. The van der Waals surface area contributed by atoms with Crippen LogP contribution in [0.1, 0.15) is 48.2 Å². The highest BCUT2D eigenvalue weighted by Crippen LogP contribution is 2.30. The minimum Gasteiger partial charge on any atom is -0.336 e. The van der Waals surface area contributed by atoms with Gasteiger partial charge in [-0.1, -0.05) is 19.9 Å². The maximum Gasteiger partial charge on any atom is 0.270 e. The molecule has 0 saturated carbocycles. The van der Waals surface area contributed by atoms with Crippen LogP contribution in [0, 0.1) is 10.8 Å². The average molecular weight is 357 g/mol. The van der Waals surface area contributed by atoms with Gasteiger partial charge < -0.3 is 5.32 Å². The third kappa shape index (κ3) is 4.01. The molecule has 0 radical (unpaired) electrons. The van der Waals surface area contributed by atoms with Gasteiger partial charge in [0.25, 0.3) is 5.91 Å². The number of ketones is 1. The number of carbonyl (C=O) groups is 3. The van der Waals surface area contributed by atoms with Gasteiger partial charge in [-0.25, -0.2) is 4.98 Å². The number of nitrogens with zero attached hydrogens (tertiary/aromatic N) is 3. The number of rotatable bonds is 5. The lowest BCUT2D eigenvalue weighted by molar-refractivity contribution is -0.131. The van der Waals surface area contributed by atoms with E-state index in [-0.39, 0.29) is 28.9 Å². The van der Waals surface area contributed by atoms with Crippen molar-refractivity contribution in [3.63, 3.8) is 0 Å². The van der Waals surface area contributed by atoms with E-state index in [9.17, 15) is 14.4 Å². The summed E-state index contributed by atoms with van der Waals surface area (Å²) in [6.45, 7) is 5.46. The molecule has 2 amide bonds. The van der Waals surface area contributed by atoms with Gasteiger partial charge in [0, 0.05) is 32.1 Å². The normalized spacial score (nSPS) is 17.4. The monoisotopic (exact) mass is 357 g/mol. The van der Waals surface area contributed by atoms with Crippen LogP contribution in [-0.4, -0.2) is 59.2 Å². The molecule has 1 fully saturated rings. The van der Waals surface area contributed by atoms with Crippen molar-refractivity contribution in [3.05, 3.63) is 29.6 Å². The summed E-state index contributed by atoms with van der Waals surface area (Å²) in [6.07, 6.45) is 2.04. The number of likely N-dealkylation sites (tertiary alicyclic amines) is 1. The molecule has 0 aliphatic carbocycles. The van der Waals surface area contributed by atoms with Crippen LogP contribution >= 0.6 is 0 Å². The smallest absolute Gasteiger partial charge is 0.270 e. The maximum atomic E-state index is 12.5. The lowest BCUT2D eigenvalue weighted by atomic mass is 9.92. The minimum atomic E-state index is -0.867. The first kappa shape index (κ1) is 19.4. The summed E-state index contributed by atoms with van der Waals surface area (Å²) in [4.78, 5) is 45.6. The molecule has 1 aromatic rings. The second kappa shape index (κ2) is 7.55. The highest BCUT2D eigenvalue weighted by atomic mass is 16.2. The Morgan fingerprint density at radius 3 is 2.58 bits per heavy atom. The number of hydrogen-bond acceptors (Lipinski definition) is 6. The molecular formula is C18H23N5O3. The molecule has 1 aliphatic heterocycles. The van der Waals surface area contributed by atoms with Crippen molar-refractivity contribution in [2.75, 3.05) is 13.6 Å². The van der Waals surface area contributed by atoms with Crippen molar-refractivity contribution in [3.8, 4) is 0 Å². The van der Waals surface area contributed by atoms with Gasteiger partial charge in [0.05, 0.1) is 0 Å². The highest BCUT2D eigenvalue weighted by Gasteiger charge is 2.41. The van der Waals surface area contributed by atoms with Gasteiger partial charge in [0.2, 0.25) is 5.91 Å². The third-order valence-corrected chi connectivity index (χ3v) is 4.30. The molecule has 1 aromatic heterocycles. The largest absolute Gasteiger partial charge is 0.336 e. The summed E-state index contributed by atoms with van der Waals surface area (Å²) in [5.74, 6) is -0.984. The van der Waals surface area contributed by atoms with Crippen molar-refractivity contribution in [2.45, 2.75) is 33.2 Å². The summed E-state index contributed by atoms with van der Waals surface area (Å²) in [7, 11) is 1.52. The summed E-state index contributed by atoms with van der Waals surface area (Å²) in [6, 6.07) is 3.71. The van der Waals surface area contributed by atoms with Gasteiger partial charge >= 0.3 is 0 Å². The zero-order valence-electron chi connectivity index (χ0n) is 15.4. The van der Waals surface area contributed by atoms with Crippen LogP contribution in [0.2, 0.25) is 0 Å². The molecule has 8 heteroatoms. The average Bonchev–Trinajstić information content (AvgIpc) is 2.87. The Balaban J connectivity index is 2.19. The van der Waals surface area contributed by atoms with E-state index in [1.54, 1.807) is 6.07 Å². The van der Waals surface area contributed by atoms with E-state index in [4.69, 9.17) is 5.41 Å². The van der Waals surface area contributed by atoms with Gasteiger partial charge in [-0.2, -0.15) is 0 Å². The first-order valence-corrected chi connectivity index (χ1v) is 8.29. The maximum absolute atomic E-state index is 12.5. The SMILES string of the molecule is CN=CC(NC(=O)c1cccc(C(C)=O)n1)C(=N)N1CCC(C)(C)C1=O. The minimum absolute atomic E-state index is 0.0396. The van der Waals surface area contributed by atoms with Gasteiger partial charge in [-0.3, -0.25) is 29.7 Å². The predicted molar refractivity (Wildman–Crippen MR) is 97.7 cm³/mol. The fourth-order valence-corrected chi connectivity index (χ4v) is 2.66. The molecule has 138 valence electrons. The van der Waals surface area contributed by atoms with Gasteiger partial charge in [-0.15, -0.1) is 0 Å². The van der Waals surface area contributed by atoms with E-state index < -0.39 is 17.4 Å². The molecular weight excluding hydrogens is 334 g/mol. The number of Topliss-reactive ketones (excluding diaryl/α,β-unsaturated/α-hetero) is 1. The Labute approximate surface area is 152 Å². The quantitative estimate of drug-likeness (QED) is 0.470. The second-order valence-electron chi connectivity index (χ2n) is 6.80. The van der Waals surface area contributed by atoms with Crippen LogP contribution in [-0.2, 0) is 4.79 Å². The Hall–Kier alpha value is -2.90. The predicted octanol–water partition coefficient (Wildman–Crippen LogP) is 1.32. The summed E-state index contributed by atoms with van der Waals surface area (Å²) >= 11 is 0. The van der Waals surface area contributed by atoms with Crippen molar-refractivity contribution in [2.24, 2.45) is 10.4 Å². The molecule has 8 nitrogen and oxygen atoms in total. The van der Waals surface area contributed by atoms with Crippen LogP contribution < -0.4 is 5.32 Å².